The fourth-order valence-corrected chi connectivity index (χ4v) is 2.84. The van der Waals surface area contributed by atoms with Crippen LogP contribution in [0.1, 0.15) is 35.2 Å². The maximum absolute atomic E-state index is 13.7. The minimum atomic E-state index is -1.56. The van der Waals surface area contributed by atoms with E-state index in [0.717, 1.165) is 12.1 Å². The second-order valence-electron chi connectivity index (χ2n) is 5.55. The molecule has 0 aliphatic heterocycles. The third-order valence-electron chi connectivity index (χ3n) is 3.62. The Balaban J connectivity index is 1.98. The number of aliphatic hydroxyl groups excluding tert-OH is 1. The molecule has 0 spiro atoms. The summed E-state index contributed by atoms with van der Waals surface area (Å²) in [6, 6.07) is 4.74. The Morgan fingerprint density at radius 3 is 2.28 bits per heavy atom. The van der Waals surface area contributed by atoms with Crippen LogP contribution < -0.4 is 10.6 Å². The largest absolute Gasteiger partial charge is 0.386 e. The van der Waals surface area contributed by atoms with Gasteiger partial charge in [-0.05, 0) is 37.4 Å². The molecule has 1 heterocycles. The van der Waals surface area contributed by atoms with Crippen molar-refractivity contribution in [2.24, 2.45) is 0 Å². The minimum absolute atomic E-state index is 0.397. The molecule has 0 aliphatic carbocycles. The Morgan fingerprint density at radius 2 is 1.72 bits per heavy atom. The SMILES string of the molecule is C[C@H](NC(=O)c1cccs1)C(=O)N[C@@H](C)[C@@H](O)c1c(F)cccc1F. The lowest BCUT2D eigenvalue weighted by atomic mass is 10.0. The van der Waals surface area contributed by atoms with Crippen molar-refractivity contribution < 1.29 is 23.5 Å². The number of carbonyl (C=O) groups excluding carboxylic acids is 2. The van der Waals surface area contributed by atoms with Gasteiger partial charge in [0.05, 0.1) is 16.5 Å². The van der Waals surface area contributed by atoms with Gasteiger partial charge in [0.1, 0.15) is 23.8 Å². The van der Waals surface area contributed by atoms with Crippen LogP contribution in [0.2, 0.25) is 0 Å². The second kappa shape index (κ2) is 8.17. The fraction of sp³-hybridized carbons (Fsp3) is 0.294. The maximum atomic E-state index is 13.7. The molecule has 1 aromatic heterocycles. The van der Waals surface area contributed by atoms with Gasteiger partial charge < -0.3 is 15.7 Å². The monoisotopic (exact) mass is 368 g/mol. The van der Waals surface area contributed by atoms with Gasteiger partial charge in [-0.25, -0.2) is 8.78 Å². The van der Waals surface area contributed by atoms with Crippen molar-refractivity contribution in [1.29, 1.82) is 0 Å². The number of rotatable bonds is 6. The molecule has 2 amide bonds. The molecule has 134 valence electrons. The van der Waals surface area contributed by atoms with Gasteiger partial charge in [0, 0.05) is 0 Å². The van der Waals surface area contributed by atoms with Gasteiger partial charge in [0.2, 0.25) is 5.91 Å². The summed E-state index contributed by atoms with van der Waals surface area (Å²) in [7, 11) is 0. The molecule has 0 unspecified atom stereocenters. The molecule has 0 saturated heterocycles. The number of hydrogen-bond donors (Lipinski definition) is 3. The number of thiophene rings is 1. The van der Waals surface area contributed by atoms with Crippen molar-refractivity contribution >= 4 is 23.2 Å². The first-order valence-electron chi connectivity index (χ1n) is 7.58. The summed E-state index contributed by atoms with van der Waals surface area (Å²) >= 11 is 1.24. The fourth-order valence-electron chi connectivity index (χ4n) is 2.21. The molecule has 3 N–H and O–H groups in total. The van der Waals surface area contributed by atoms with Crippen LogP contribution in [0.3, 0.4) is 0 Å². The highest BCUT2D eigenvalue weighted by molar-refractivity contribution is 7.12. The highest BCUT2D eigenvalue weighted by atomic mass is 32.1. The summed E-state index contributed by atoms with van der Waals surface area (Å²) in [6.07, 6.45) is -1.56. The zero-order chi connectivity index (χ0) is 18.6. The van der Waals surface area contributed by atoms with Gasteiger partial charge in [-0.15, -0.1) is 11.3 Å². The molecular weight excluding hydrogens is 350 g/mol. The Kier molecular flexibility index (Phi) is 6.22. The van der Waals surface area contributed by atoms with Crippen molar-refractivity contribution in [2.45, 2.75) is 32.0 Å². The van der Waals surface area contributed by atoms with Crippen LogP contribution in [0.25, 0.3) is 0 Å². The summed E-state index contributed by atoms with van der Waals surface area (Å²) in [6.45, 7) is 2.89. The third kappa shape index (κ3) is 4.61. The summed E-state index contributed by atoms with van der Waals surface area (Å²) in [5, 5.41) is 16.8. The van der Waals surface area contributed by atoms with E-state index in [4.69, 9.17) is 0 Å². The molecule has 0 bridgehead atoms. The number of hydrogen-bond acceptors (Lipinski definition) is 4. The van der Waals surface area contributed by atoms with Crippen molar-refractivity contribution in [2.75, 3.05) is 0 Å². The average molecular weight is 368 g/mol. The van der Waals surface area contributed by atoms with Gasteiger partial charge >= 0.3 is 0 Å². The average Bonchev–Trinajstić information content (AvgIpc) is 3.08. The van der Waals surface area contributed by atoms with Crippen molar-refractivity contribution in [3.05, 3.63) is 57.8 Å². The first-order valence-corrected chi connectivity index (χ1v) is 8.46. The normalized spacial score (nSPS) is 14.4. The molecule has 0 saturated carbocycles. The smallest absolute Gasteiger partial charge is 0.261 e. The number of halogens is 2. The zero-order valence-electron chi connectivity index (χ0n) is 13.6. The van der Waals surface area contributed by atoms with Crippen LogP contribution in [0, 0.1) is 11.6 Å². The second-order valence-corrected chi connectivity index (χ2v) is 6.50. The molecule has 0 aliphatic rings. The number of benzene rings is 1. The lowest BCUT2D eigenvalue weighted by molar-refractivity contribution is -0.124. The Labute approximate surface area is 147 Å². The predicted molar refractivity (Wildman–Crippen MR) is 90.2 cm³/mol. The molecule has 25 heavy (non-hydrogen) atoms. The molecule has 5 nitrogen and oxygen atoms in total. The molecular formula is C17H18F2N2O3S. The van der Waals surface area contributed by atoms with Crippen LogP contribution in [-0.4, -0.2) is 29.0 Å². The lowest BCUT2D eigenvalue weighted by Gasteiger charge is -2.23. The quantitative estimate of drug-likeness (QED) is 0.733. The summed E-state index contributed by atoms with van der Waals surface area (Å²) in [4.78, 5) is 24.5. The van der Waals surface area contributed by atoms with E-state index in [0.29, 0.717) is 4.88 Å². The van der Waals surface area contributed by atoms with E-state index in [2.05, 4.69) is 10.6 Å². The Morgan fingerprint density at radius 1 is 1.08 bits per heavy atom. The molecule has 8 heteroatoms. The highest BCUT2D eigenvalue weighted by Gasteiger charge is 2.26. The number of amides is 2. The molecule has 0 fully saturated rings. The summed E-state index contributed by atoms with van der Waals surface area (Å²) < 4.78 is 27.4. The van der Waals surface area contributed by atoms with Crippen LogP contribution in [0.5, 0.6) is 0 Å². The van der Waals surface area contributed by atoms with Gasteiger partial charge in [0.15, 0.2) is 0 Å². The van der Waals surface area contributed by atoms with Gasteiger partial charge in [0.25, 0.3) is 5.91 Å². The van der Waals surface area contributed by atoms with Crippen molar-refractivity contribution in [1.82, 2.24) is 10.6 Å². The van der Waals surface area contributed by atoms with E-state index < -0.39 is 47.2 Å². The van der Waals surface area contributed by atoms with E-state index in [1.54, 1.807) is 17.5 Å². The molecule has 3 atom stereocenters. The van der Waals surface area contributed by atoms with Crippen LogP contribution in [0.4, 0.5) is 8.78 Å². The number of aliphatic hydroxyl groups is 1. The maximum Gasteiger partial charge on any atom is 0.261 e. The van der Waals surface area contributed by atoms with E-state index in [1.807, 2.05) is 0 Å². The molecule has 1 aromatic carbocycles. The van der Waals surface area contributed by atoms with Gasteiger partial charge in [-0.1, -0.05) is 12.1 Å². The topological polar surface area (TPSA) is 78.4 Å². The molecule has 0 radical (unpaired) electrons. The summed E-state index contributed by atoms with van der Waals surface area (Å²) in [5.74, 6) is -2.76. The van der Waals surface area contributed by atoms with E-state index in [1.165, 1.54) is 31.3 Å². The lowest BCUT2D eigenvalue weighted by Crippen LogP contribution is -2.48. The first-order chi connectivity index (χ1) is 11.8. The van der Waals surface area contributed by atoms with Gasteiger partial charge in [-0.3, -0.25) is 9.59 Å². The minimum Gasteiger partial charge on any atom is -0.386 e. The van der Waals surface area contributed by atoms with E-state index in [-0.39, 0.29) is 0 Å². The van der Waals surface area contributed by atoms with E-state index in [9.17, 15) is 23.5 Å². The predicted octanol–water partition coefficient (Wildman–Crippen LogP) is 2.38. The Hall–Kier alpha value is -2.32. The van der Waals surface area contributed by atoms with Crippen LogP contribution in [-0.2, 0) is 4.79 Å². The Bertz CT molecular complexity index is 732. The van der Waals surface area contributed by atoms with E-state index >= 15 is 0 Å². The molecule has 2 rings (SSSR count). The van der Waals surface area contributed by atoms with Crippen molar-refractivity contribution in [3.8, 4) is 0 Å². The van der Waals surface area contributed by atoms with Crippen LogP contribution in [0.15, 0.2) is 35.7 Å². The number of carbonyl (C=O) groups is 2. The first kappa shape index (κ1) is 19.0. The van der Waals surface area contributed by atoms with Gasteiger partial charge in [-0.2, -0.15) is 0 Å². The van der Waals surface area contributed by atoms with Crippen molar-refractivity contribution in [3.63, 3.8) is 0 Å². The summed E-state index contributed by atoms with van der Waals surface area (Å²) in [5.41, 5.74) is -0.509. The highest BCUT2D eigenvalue weighted by Crippen LogP contribution is 2.23. The standard InChI is InChI=1S/C17H18F2N2O3S/c1-9(15(22)14-11(18)5-3-6-12(14)19)20-16(23)10(2)21-17(24)13-7-4-8-25-13/h3-10,15,22H,1-2H3,(H,20,23)(H,21,24)/t9-,10-,15+/m0/s1. The molecule has 2 aromatic rings. The zero-order valence-corrected chi connectivity index (χ0v) is 14.4. The third-order valence-corrected chi connectivity index (χ3v) is 4.49. The van der Waals surface area contributed by atoms with Crippen LogP contribution >= 0.6 is 11.3 Å². The number of nitrogens with one attached hydrogen (secondary N) is 2.